The van der Waals surface area contributed by atoms with Crippen molar-refractivity contribution in [2.75, 3.05) is 39.8 Å². The minimum absolute atomic E-state index is 0.0412. The van der Waals surface area contributed by atoms with Crippen molar-refractivity contribution in [2.24, 2.45) is 5.73 Å². The van der Waals surface area contributed by atoms with E-state index in [1.54, 1.807) is 4.90 Å². The van der Waals surface area contributed by atoms with Gasteiger partial charge in [-0.15, -0.1) is 0 Å². The molecule has 7 heteroatoms. The van der Waals surface area contributed by atoms with Crippen LogP contribution in [0.2, 0.25) is 0 Å². The minimum Gasteiger partial charge on any atom is -0.480 e. The van der Waals surface area contributed by atoms with E-state index in [9.17, 15) is 9.59 Å². The van der Waals surface area contributed by atoms with E-state index in [0.717, 1.165) is 19.5 Å². The predicted molar refractivity (Wildman–Crippen MR) is 62.7 cm³/mol. The lowest BCUT2D eigenvalue weighted by atomic mass is 10.3. The van der Waals surface area contributed by atoms with Crippen LogP contribution >= 0.6 is 0 Å². The Morgan fingerprint density at radius 1 is 1.35 bits per heavy atom. The van der Waals surface area contributed by atoms with Crippen molar-refractivity contribution in [1.82, 2.24) is 15.1 Å². The van der Waals surface area contributed by atoms with Crippen molar-refractivity contribution in [1.29, 1.82) is 0 Å². The average molecular weight is 244 g/mol. The summed E-state index contributed by atoms with van der Waals surface area (Å²) in [7, 11) is 2.02. The molecular formula is C10H20N4O3. The van der Waals surface area contributed by atoms with Gasteiger partial charge in [-0.2, -0.15) is 0 Å². The van der Waals surface area contributed by atoms with E-state index < -0.39 is 12.0 Å². The second-order valence-corrected chi connectivity index (χ2v) is 4.27. The number of urea groups is 1. The van der Waals surface area contributed by atoms with Gasteiger partial charge in [-0.25, -0.2) is 4.79 Å². The summed E-state index contributed by atoms with van der Waals surface area (Å²) in [6.45, 7) is 3.11. The molecule has 1 rings (SSSR count). The molecule has 0 spiro atoms. The molecule has 0 radical (unpaired) electrons. The molecule has 17 heavy (non-hydrogen) atoms. The number of carbonyl (C=O) groups is 2. The Kier molecular flexibility index (Phi) is 5.17. The Morgan fingerprint density at radius 2 is 2.06 bits per heavy atom. The third-order valence-corrected chi connectivity index (χ3v) is 2.80. The third kappa shape index (κ3) is 4.58. The van der Waals surface area contributed by atoms with Gasteiger partial charge in [0.05, 0.1) is 0 Å². The summed E-state index contributed by atoms with van der Waals surface area (Å²) in [4.78, 5) is 26.1. The van der Waals surface area contributed by atoms with E-state index in [-0.39, 0.29) is 12.6 Å². The number of nitrogens with two attached hydrogens (primary N) is 1. The molecule has 1 atom stereocenters. The summed E-state index contributed by atoms with van der Waals surface area (Å²) >= 11 is 0. The van der Waals surface area contributed by atoms with Crippen LogP contribution in [0.15, 0.2) is 0 Å². The Labute approximate surface area is 101 Å². The van der Waals surface area contributed by atoms with Crippen LogP contribution < -0.4 is 11.1 Å². The molecule has 4 N–H and O–H groups in total. The quantitative estimate of drug-likeness (QED) is 0.576. The molecule has 2 amide bonds. The average Bonchev–Trinajstić information content (AvgIpc) is 2.50. The van der Waals surface area contributed by atoms with Crippen LogP contribution in [0.1, 0.15) is 6.42 Å². The standard InChI is InChI=1S/C10H20N4O3/c1-13-3-2-4-14(6-5-13)10(17)12-7-8(11)9(15)16/h8H,2-7,11H2,1H3,(H,12,17)(H,15,16). The fraction of sp³-hybridized carbons (Fsp3) is 0.800. The second kappa shape index (κ2) is 6.41. The molecule has 0 aromatic carbocycles. The highest BCUT2D eigenvalue weighted by molar-refractivity contribution is 5.77. The molecule has 1 heterocycles. The van der Waals surface area contributed by atoms with Gasteiger partial charge in [-0.3, -0.25) is 4.79 Å². The lowest BCUT2D eigenvalue weighted by molar-refractivity contribution is -0.138. The maximum atomic E-state index is 11.7. The number of nitrogens with one attached hydrogen (secondary N) is 1. The van der Waals surface area contributed by atoms with E-state index in [1.807, 2.05) is 7.05 Å². The normalized spacial score (nSPS) is 19.5. The first kappa shape index (κ1) is 13.7. The minimum atomic E-state index is -1.11. The summed E-state index contributed by atoms with van der Waals surface area (Å²) < 4.78 is 0. The van der Waals surface area contributed by atoms with Gasteiger partial charge < -0.3 is 26.0 Å². The van der Waals surface area contributed by atoms with Crippen LogP contribution in [0.4, 0.5) is 4.79 Å². The second-order valence-electron chi connectivity index (χ2n) is 4.27. The number of hydrogen-bond donors (Lipinski definition) is 3. The zero-order chi connectivity index (χ0) is 12.8. The van der Waals surface area contributed by atoms with Crippen LogP contribution in [-0.4, -0.2) is 72.7 Å². The van der Waals surface area contributed by atoms with Crippen molar-refractivity contribution in [2.45, 2.75) is 12.5 Å². The van der Waals surface area contributed by atoms with E-state index in [1.165, 1.54) is 0 Å². The van der Waals surface area contributed by atoms with E-state index in [4.69, 9.17) is 10.8 Å². The largest absolute Gasteiger partial charge is 0.480 e. The maximum Gasteiger partial charge on any atom is 0.322 e. The molecule has 1 saturated heterocycles. The molecule has 0 aromatic rings. The molecule has 1 unspecified atom stereocenters. The Hall–Kier alpha value is -1.34. The lowest BCUT2D eigenvalue weighted by Crippen LogP contribution is -2.48. The number of nitrogens with zero attached hydrogens (tertiary/aromatic N) is 2. The molecular weight excluding hydrogens is 224 g/mol. The first-order chi connectivity index (χ1) is 8.00. The SMILES string of the molecule is CN1CCCN(C(=O)NCC(N)C(=O)O)CC1. The predicted octanol–water partition coefficient (Wildman–Crippen LogP) is -1.25. The lowest BCUT2D eigenvalue weighted by Gasteiger charge is -2.21. The van der Waals surface area contributed by atoms with Crippen LogP contribution in [0.5, 0.6) is 0 Å². The summed E-state index contributed by atoms with van der Waals surface area (Å²) in [5, 5.41) is 11.1. The van der Waals surface area contributed by atoms with Crippen LogP contribution in [0, 0.1) is 0 Å². The van der Waals surface area contributed by atoms with E-state index >= 15 is 0 Å². The smallest absolute Gasteiger partial charge is 0.322 e. The Balaban J connectivity index is 2.34. The highest BCUT2D eigenvalue weighted by Gasteiger charge is 2.19. The Morgan fingerprint density at radius 3 is 2.71 bits per heavy atom. The maximum absolute atomic E-state index is 11.7. The number of amides is 2. The Bertz CT molecular complexity index is 285. The first-order valence-electron chi connectivity index (χ1n) is 5.70. The number of carboxylic acid groups (broad SMARTS) is 1. The molecule has 0 saturated carbocycles. The number of rotatable bonds is 3. The number of carbonyl (C=O) groups excluding carboxylic acids is 1. The van der Waals surface area contributed by atoms with Gasteiger partial charge in [0.2, 0.25) is 0 Å². The molecule has 0 aliphatic carbocycles. The van der Waals surface area contributed by atoms with Crippen LogP contribution in [0.3, 0.4) is 0 Å². The van der Waals surface area contributed by atoms with Crippen molar-refractivity contribution < 1.29 is 14.7 Å². The number of likely N-dealkylation sites (N-methyl/N-ethyl adjacent to an activating group) is 1. The van der Waals surface area contributed by atoms with Gasteiger partial charge in [0.25, 0.3) is 0 Å². The number of hydrogen-bond acceptors (Lipinski definition) is 4. The van der Waals surface area contributed by atoms with Gasteiger partial charge in [0, 0.05) is 26.2 Å². The molecule has 98 valence electrons. The van der Waals surface area contributed by atoms with Gasteiger partial charge in [0.15, 0.2) is 0 Å². The van der Waals surface area contributed by atoms with E-state index in [2.05, 4.69) is 10.2 Å². The highest BCUT2D eigenvalue weighted by Crippen LogP contribution is 2.01. The van der Waals surface area contributed by atoms with Crippen LogP contribution in [0.25, 0.3) is 0 Å². The van der Waals surface area contributed by atoms with Crippen LogP contribution in [-0.2, 0) is 4.79 Å². The molecule has 1 fully saturated rings. The van der Waals surface area contributed by atoms with Gasteiger partial charge in [0.1, 0.15) is 6.04 Å². The summed E-state index contributed by atoms with van der Waals surface area (Å²) in [5.74, 6) is -1.11. The first-order valence-corrected chi connectivity index (χ1v) is 5.70. The summed E-state index contributed by atoms with van der Waals surface area (Å²) in [6, 6.07) is -1.29. The molecule has 1 aliphatic rings. The van der Waals surface area contributed by atoms with Crippen molar-refractivity contribution in [3.05, 3.63) is 0 Å². The van der Waals surface area contributed by atoms with Gasteiger partial charge >= 0.3 is 12.0 Å². The monoisotopic (exact) mass is 244 g/mol. The van der Waals surface area contributed by atoms with Crippen molar-refractivity contribution in [3.8, 4) is 0 Å². The van der Waals surface area contributed by atoms with Gasteiger partial charge in [-0.05, 0) is 20.0 Å². The molecule has 0 bridgehead atoms. The van der Waals surface area contributed by atoms with Crippen molar-refractivity contribution >= 4 is 12.0 Å². The van der Waals surface area contributed by atoms with Crippen molar-refractivity contribution in [3.63, 3.8) is 0 Å². The van der Waals surface area contributed by atoms with E-state index in [0.29, 0.717) is 13.1 Å². The van der Waals surface area contributed by atoms with Gasteiger partial charge in [-0.1, -0.05) is 0 Å². The molecule has 1 aliphatic heterocycles. The summed E-state index contributed by atoms with van der Waals surface area (Å²) in [5.41, 5.74) is 5.31. The number of aliphatic carboxylic acids is 1. The molecule has 0 aromatic heterocycles. The zero-order valence-corrected chi connectivity index (χ0v) is 10.1. The number of carboxylic acids is 1. The fourth-order valence-corrected chi connectivity index (χ4v) is 1.65. The highest BCUT2D eigenvalue weighted by atomic mass is 16.4. The zero-order valence-electron chi connectivity index (χ0n) is 10.1. The summed E-state index contributed by atoms with van der Waals surface area (Å²) in [6.07, 6.45) is 0.926. The fourth-order valence-electron chi connectivity index (χ4n) is 1.65. The topological polar surface area (TPSA) is 98.9 Å². The third-order valence-electron chi connectivity index (χ3n) is 2.80. The molecule has 7 nitrogen and oxygen atoms in total.